The molecule has 2 N–H and O–H groups in total. The summed E-state index contributed by atoms with van der Waals surface area (Å²) in [5.74, 6) is 0. The van der Waals surface area contributed by atoms with E-state index < -0.39 is 12.2 Å². The number of hydrogen-bond donors (Lipinski definition) is 1. The summed E-state index contributed by atoms with van der Waals surface area (Å²) in [6.45, 7) is 0. The second-order valence-corrected chi connectivity index (χ2v) is 3.97. The van der Waals surface area contributed by atoms with Gasteiger partial charge in [0.1, 0.15) is 6.04 Å². The van der Waals surface area contributed by atoms with Crippen molar-refractivity contribution in [3.63, 3.8) is 0 Å². The maximum Gasteiger partial charge on any atom is 0.407 e. The Labute approximate surface area is 115 Å². The first-order valence-electron chi connectivity index (χ1n) is 5.47. The fourth-order valence-corrected chi connectivity index (χ4v) is 1.83. The predicted octanol–water partition coefficient (Wildman–Crippen LogP) is 4.34. The van der Waals surface area contributed by atoms with Crippen LogP contribution >= 0.6 is 12.4 Å². The number of nitrogens with two attached hydrogens (primary N) is 1. The molecule has 0 bridgehead atoms. The second kappa shape index (κ2) is 6.08. The summed E-state index contributed by atoms with van der Waals surface area (Å²) in [4.78, 5) is 0. The summed E-state index contributed by atoms with van der Waals surface area (Å²) in [6.07, 6.45) is -4.44. The Morgan fingerprint density at radius 1 is 0.842 bits per heavy atom. The molecule has 2 rings (SSSR count). The molecule has 0 amide bonds. The first kappa shape index (κ1) is 15.5. The van der Waals surface area contributed by atoms with Crippen molar-refractivity contribution < 1.29 is 13.2 Å². The van der Waals surface area contributed by atoms with Crippen molar-refractivity contribution in [1.82, 2.24) is 0 Å². The molecule has 0 heterocycles. The molecule has 0 aliphatic carbocycles. The quantitative estimate of drug-likeness (QED) is 0.874. The molecule has 19 heavy (non-hydrogen) atoms. The number of halogens is 4. The van der Waals surface area contributed by atoms with Crippen molar-refractivity contribution in [2.45, 2.75) is 12.2 Å². The Hall–Kier alpha value is -1.52. The lowest BCUT2D eigenvalue weighted by Crippen LogP contribution is -2.28. The van der Waals surface area contributed by atoms with Gasteiger partial charge in [0.2, 0.25) is 0 Å². The molecule has 2 aromatic carbocycles. The number of hydrogen-bond acceptors (Lipinski definition) is 1. The van der Waals surface area contributed by atoms with E-state index >= 15 is 0 Å². The molecule has 0 spiro atoms. The first-order valence-corrected chi connectivity index (χ1v) is 5.47. The standard InChI is InChI=1S/C14H12F3N.ClH/c15-14(16,17)13(18)12-9-5-4-8-11(12)10-6-2-1-3-7-10;/h1-9,13H,18H2;1H. The third-order valence-electron chi connectivity index (χ3n) is 2.73. The van der Waals surface area contributed by atoms with Gasteiger partial charge in [-0.3, -0.25) is 0 Å². The lowest BCUT2D eigenvalue weighted by molar-refractivity contribution is -0.149. The van der Waals surface area contributed by atoms with Gasteiger partial charge in [0.05, 0.1) is 0 Å². The van der Waals surface area contributed by atoms with E-state index in [1.807, 2.05) is 6.07 Å². The molecule has 0 aliphatic rings. The van der Waals surface area contributed by atoms with Crippen molar-refractivity contribution in [2.24, 2.45) is 5.73 Å². The van der Waals surface area contributed by atoms with E-state index in [2.05, 4.69) is 0 Å². The topological polar surface area (TPSA) is 26.0 Å². The van der Waals surface area contributed by atoms with Crippen molar-refractivity contribution in [3.05, 3.63) is 60.2 Å². The van der Waals surface area contributed by atoms with E-state index in [4.69, 9.17) is 5.73 Å². The number of benzene rings is 2. The summed E-state index contributed by atoms with van der Waals surface area (Å²) in [5, 5.41) is 0. The Morgan fingerprint density at radius 2 is 1.37 bits per heavy atom. The molecule has 0 saturated carbocycles. The van der Waals surface area contributed by atoms with Crippen LogP contribution in [0.3, 0.4) is 0 Å². The van der Waals surface area contributed by atoms with Crippen LogP contribution in [0.1, 0.15) is 11.6 Å². The molecular formula is C14H13ClF3N. The third-order valence-corrected chi connectivity index (χ3v) is 2.73. The normalized spacial score (nSPS) is 12.6. The fraction of sp³-hybridized carbons (Fsp3) is 0.143. The van der Waals surface area contributed by atoms with Crippen LogP contribution < -0.4 is 5.73 Å². The zero-order valence-corrected chi connectivity index (χ0v) is 10.7. The van der Waals surface area contributed by atoms with Gasteiger partial charge in [0.15, 0.2) is 0 Å². The lowest BCUT2D eigenvalue weighted by atomic mass is 9.95. The summed E-state index contributed by atoms with van der Waals surface area (Å²) >= 11 is 0. The zero-order valence-electron chi connectivity index (χ0n) is 9.89. The van der Waals surface area contributed by atoms with E-state index in [-0.39, 0.29) is 18.0 Å². The van der Waals surface area contributed by atoms with Crippen molar-refractivity contribution in [1.29, 1.82) is 0 Å². The Balaban J connectivity index is 0.00000180. The zero-order chi connectivity index (χ0) is 13.2. The van der Waals surface area contributed by atoms with E-state index in [9.17, 15) is 13.2 Å². The van der Waals surface area contributed by atoms with Crippen molar-refractivity contribution in [2.75, 3.05) is 0 Å². The second-order valence-electron chi connectivity index (χ2n) is 3.97. The highest BCUT2D eigenvalue weighted by atomic mass is 35.5. The molecule has 5 heteroatoms. The molecule has 0 aliphatic heterocycles. The highest BCUT2D eigenvalue weighted by Gasteiger charge is 2.38. The van der Waals surface area contributed by atoms with Gasteiger partial charge in [-0.1, -0.05) is 54.6 Å². The molecule has 0 radical (unpaired) electrons. The summed E-state index contributed by atoms with van der Waals surface area (Å²) in [6, 6.07) is 13.3. The van der Waals surface area contributed by atoms with Gasteiger partial charge in [0, 0.05) is 0 Å². The van der Waals surface area contributed by atoms with Crippen molar-refractivity contribution in [3.8, 4) is 11.1 Å². The molecule has 1 nitrogen and oxygen atoms in total. The predicted molar refractivity (Wildman–Crippen MR) is 72.1 cm³/mol. The van der Waals surface area contributed by atoms with Crippen LogP contribution in [0.5, 0.6) is 0 Å². The maximum absolute atomic E-state index is 12.7. The van der Waals surface area contributed by atoms with E-state index in [1.54, 1.807) is 42.5 Å². The third kappa shape index (κ3) is 3.49. The average molecular weight is 288 g/mol. The molecule has 1 atom stereocenters. The average Bonchev–Trinajstić information content (AvgIpc) is 2.38. The van der Waals surface area contributed by atoms with E-state index in [0.29, 0.717) is 5.56 Å². The van der Waals surface area contributed by atoms with Gasteiger partial charge in [-0.15, -0.1) is 12.4 Å². The first-order chi connectivity index (χ1) is 8.50. The number of rotatable bonds is 2. The molecular weight excluding hydrogens is 275 g/mol. The van der Waals surface area contributed by atoms with Gasteiger partial charge in [-0.05, 0) is 16.7 Å². The Kier molecular flexibility index (Phi) is 4.97. The molecule has 102 valence electrons. The maximum atomic E-state index is 12.7. The van der Waals surface area contributed by atoms with Crippen LogP contribution in [-0.4, -0.2) is 6.18 Å². The summed E-state index contributed by atoms with van der Waals surface area (Å²) in [5.41, 5.74) is 6.62. The van der Waals surface area contributed by atoms with Gasteiger partial charge < -0.3 is 5.73 Å². The number of alkyl halides is 3. The van der Waals surface area contributed by atoms with Gasteiger partial charge in [-0.2, -0.15) is 13.2 Å². The Bertz CT molecular complexity index is 526. The minimum Gasteiger partial charge on any atom is -0.316 e. The molecule has 0 saturated heterocycles. The molecule has 1 unspecified atom stereocenters. The van der Waals surface area contributed by atoms with Crippen molar-refractivity contribution >= 4 is 12.4 Å². The van der Waals surface area contributed by atoms with Crippen LogP contribution in [0.4, 0.5) is 13.2 Å². The highest BCUT2D eigenvalue weighted by Crippen LogP contribution is 2.35. The van der Waals surface area contributed by atoms with Crippen LogP contribution in [0, 0.1) is 0 Å². The van der Waals surface area contributed by atoms with Gasteiger partial charge in [-0.25, -0.2) is 0 Å². The van der Waals surface area contributed by atoms with Gasteiger partial charge in [0.25, 0.3) is 0 Å². The van der Waals surface area contributed by atoms with Gasteiger partial charge >= 0.3 is 6.18 Å². The minimum atomic E-state index is -4.44. The highest BCUT2D eigenvalue weighted by molar-refractivity contribution is 5.85. The minimum absolute atomic E-state index is 0. The fourth-order valence-electron chi connectivity index (χ4n) is 1.83. The summed E-state index contributed by atoms with van der Waals surface area (Å²) in [7, 11) is 0. The van der Waals surface area contributed by atoms with Crippen LogP contribution in [-0.2, 0) is 0 Å². The Morgan fingerprint density at radius 3 is 1.95 bits per heavy atom. The largest absolute Gasteiger partial charge is 0.407 e. The van der Waals surface area contributed by atoms with Crippen LogP contribution in [0.25, 0.3) is 11.1 Å². The SMILES string of the molecule is Cl.NC(c1ccccc1-c1ccccc1)C(F)(F)F. The van der Waals surface area contributed by atoms with Crippen LogP contribution in [0.15, 0.2) is 54.6 Å². The smallest absolute Gasteiger partial charge is 0.316 e. The monoisotopic (exact) mass is 287 g/mol. The summed E-state index contributed by atoms with van der Waals surface area (Å²) < 4.78 is 38.1. The molecule has 2 aromatic rings. The molecule has 0 fully saturated rings. The van der Waals surface area contributed by atoms with Crippen LogP contribution in [0.2, 0.25) is 0 Å². The van der Waals surface area contributed by atoms with E-state index in [1.165, 1.54) is 6.07 Å². The lowest BCUT2D eigenvalue weighted by Gasteiger charge is -2.19. The molecule has 0 aromatic heterocycles. The van der Waals surface area contributed by atoms with E-state index in [0.717, 1.165) is 5.56 Å².